The Hall–Kier alpha value is -1.18. The van der Waals surface area contributed by atoms with Crippen molar-refractivity contribution in [3.8, 4) is 0 Å². The second-order valence-electron chi connectivity index (χ2n) is 8.40. The predicted molar refractivity (Wildman–Crippen MR) is 172 cm³/mol. The van der Waals surface area contributed by atoms with Gasteiger partial charge in [0.15, 0.2) is 21.8 Å². The number of rotatable bonds is 13. The van der Waals surface area contributed by atoms with Gasteiger partial charge in [-0.2, -0.15) is 4.57 Å². The first-order valence-corrected chi connectivity index (χ1v) is 20.6. The highest BCUT2D eigenvalue weighted by atomic mass is 32.2. The molecule has 11 nitrogen and oxygen atoms in total. The van der Waals surface area contributed by atoms with Crippen LogP contribution >= 0.6 is 46.6 Å². The van der Waals surface area contributed by atoms with Crippen molar-refractivity contribution < 1.29 is 39.3 Å². The molecule has 0 atom stereocenters. The van der Waals surface area contributed by atoms with Crippen LogP contribution in [0.1, 0.15) is 45.5 Å². The molecule has 4 rings (SSSR count). The summed E-state index contributed by atoms with van der Waals surface area (Å²) in [5.74, 6) is -0.950. The minimum absolute atomic E-state index is 0.147. The Kier molecular flexibility index (Phi) is 15.3. The van der Waals surface area contributed by atoms with Gasteiger partial charge in [-0.1, -0.05) is 51.2 Å². The number of furan rings is 2. The Morgan fingerprint density at radius 2 is 1.57 bits per heavy atom. The largest absolute Gasteiger partial charge is 0.748 e. The molecule has 0 aromatic carbocycles. The summed E-state index contributed by atoms with van der Waals surface area (Å²) in [5.41, 5.74) is 1.59. The maximum absolute atomic E-state index is 11.1. The van der Waals surface area contributed by atoms with E-state index in [-0.39, 0.29) is 12.8 Å². The average Bonchev–Trinajstić information content (AvgIpc) is 3.66. The molecule has 1 aliphatic rings. The zero-order valence-electron chi connectivity index (χ0n) is 24.5. The van der Waals surface area contributed by atoms with Gasteiger partial charge in [-0.25, -0.2) is 16.8 Å². The zero-order valence-corrected chi connectivity index (χ0v) is 29.4. The summed E-state index contributed by atoms with van der Waals surface area (Å²) < 4.78 is 80.3. The topological polar surface area (TPSA) is 160 Å². The first-order chi connectivity index (χ1) is 19.9. The van der Waals surface area contributed by atoms with E-state index in [9.17, 15) is 25.9 Å². The van der Waals surface area contributed by atoms with E-state index in [0.717, 1.165) is 44.5 Å². The van der Waals surface area contributed by atoms with Crippen molar-refractivity contribution in [3.63, 3.8) is 0 Å². The third-order valence-corrected chi connectivity index (χ3v) is 10.4. The molecule has 0 amide bonds. The van der Waals surface area contributed by atoms with Crippen LogP contribution in [0.25, 0.3) is 16.5 Å². The van der Waals surface area contributed by atoms with Gasteiger partial charge in [0.1, 0.15) is 0 Å². The van der Waals surface area contributed by atoms with Crippen molar-refractivity contribution in [2.24, 2.45) is 0 Å². The van der Waals surface area contributed by atoms with E-state index in [1.54, 1.807) is 0 Å². The number of thioether (sulfide) groups is 3. The highest BCUT2D eigenvalue weighted by Crippen LogP contribution is 2.50. The third kappa shape index (κ3) is 11.1. The molecule has 0 fully saturated rings. The number of fused-ring (bicyclic) bond motifs is 2. The molecule has 3 aromatic rings. The van der Waals surface area contributed by atoms with Crippen molar-refractivity contribution in [2.45, 2.75) is 62.4 Å². The van der Waals surface area contributed by atoms with Crippen LogP contribution in [-0.4, -0.2) is 69.6 Å². The molecule has 0 aliphatic carbocycles. The Bertz CT molecular complexity index is 1520. The van der Waals surface area contributed by atoms with E-state index in [4.69, 9.17) is 8.83 Å². The molecule has 238 valence electrons. The molecule has 4 heterocycles. The van der Waals surface area contributed by atoms with Crippen LogP contribution in [0.5, 0.6) is 0 Å². The van der Waals surface area contributed by atoms with Crippen molar-refractivity contribution in [3.05, 3.63) is 22.2 Å². The first-order valence-electron chi connectivity index (χ1n) is 13.3. The highest BCUT2D eigenvalue weighted by molar-refractivity contribution is 8.03. The van der Waals surface area contributed by atoms with Crippen LogP contribution in [0, 0.1) is 0 Å². The summed E-state index contributed by atoms with van der Waals surface area (Å²) in [6.45, 7) is 11.0. The lowest BCUT2D eigenvalue weighted by molar-refractivity contribution is -0.668. The van der Waals surface area contributed by atoms with Crippen LogP contribution in [0.2, 0.25) is 0 Å². The Balaban J connectivity index is 0.000000797. The van der Waals surface area contributed by atoms with Gasteiger partial charge in [0.05, 0.1) is 43.1 Å². The molecule has 0 unspecified atom stereocenters. The van der Waals surface area contributed by atoms with Gasteiger partial charge in [-0.3, -0.25) is 0 Å². The summed E-state index contributed by atoms with van der Waals surface area (Å²) in [5, 5.41) is 6.76. The number of aromatic nitrogens is 1. The molecule has 17 heteroatoms. The molecular weight excluding hydrogens is 663 g/mol. The van der Waals surface area contributed by atoms with Gasteiger partial charge in [0.25, 0.3) is 15.4 Å². The van der Waals surface area contributed by atoms with Crippen molar-refractivity contribution in [1.29, 1.82) is 0 Å². The summed E-state index contributed by atoms with van der Waals surface area (Å²) in [4.78, 5) is 2.58. The Morgan fingerprint density at radius 1 is 0.976 bits per heavy atom. The molecule has 0 saturated carbocycles. The normalized spacial score (nSPS) is 14.1. The van der Waals surface area contributed by atoms with E-state index in [0.29, 0.717) is 23.1 Å². The minimum atomic E-state index is -4.34. The second kappa shape index (κ2) is 17.3. The molecule has 42 heavy (non-hydrogen) atoms. The summed E-state index contributed by atoms with van der Waals surface area (Å²) in [6, 6.07) is 3.75. The number of hydrogen-bond donors (Lipinski definition) is 1. The summed E-state index contributed by atoms with van der Waals surface area (Å²) in [6.07, 6.45) is 5.97. The van der Waals surface area contributed by atoms with Crippen LogP contribution < -0.4 is 14.8 Å². The fraction of sp³-hybridized carbons (Fsp3) is 0.560. The van der Waals surface area contributed by atoms with Gasteiger partial charge >= 0.3 is 0 Å². The van der Waals surface area contributed by atoms with E-state index >= 15 is 0 Å². The maximum Gasteiger partial charge on any atom is 0.268 e. The number of nitrogens with zero attached hydrogens (tertiary/aromatic N) is 2. The molecule has 1 aliphatic heterocycles. The standard InChI is InChI=1S/C19H22N2O8S6.C4H11N.C2H6/c1-30-16-9-12-18(28-16)32-14(20(12)5-3-7-34(22,23)24)11-15-21(6-4-8-35(25,26)27)13-10-17(31-2)29-19(13)33-15;1-3-5-4-2;1-2/h9-11H,3-8H2,1-2H3,(H-,22,23,24,25,26,27);5H,3-4H2,1-2H3;1-2H3/p-1. The van der Waals surface area contributed by atoms with E-state index in [2.05, 4.69) is 19.2 Å². The number of nitrogens with one attached hydrogen (secondary N) is 1. The van der Waals surface area contributed by atoms with Crippen molar-refractivity contribution in [1.82, 2.24) is 5.32 Å². The molecule has 0 saturated heterocycles. The van der Waals surface area contributed by atoms with Crippen LogP contribution in [0.15, 0.2) is 41.3 Å². The van der Waals surface area contributed by atoms with Gasteiger partial charge in [0.2, 0.25) is 0 Å². The van der Waals surface area contributed by atoms with Gasteiger partial charge < -0.3 is 28.2 Å². The number of anilines is 1. The number of aryl methyl sites for hydroxylation is 1. The maximum atomic E-state index is 11.1. The van der Waals surface area contributed by atoms with Crippen LogP contribution in [-0.2, 0) is 26.8 Å². The fourth-order valence-electron chi connectivity index (χ4n) is 3.78. The van der Waals surface area contributed by atoms with Gasteiger partial charge in [-0.15, -0.1) is 0 Å². The van der Waals surface area contributed by atoms with Crippen LogP contribution in [0.4, 0.5) is 5.69 Å². The van der Waals surface area contributed by atoms with E-state index < -0.39 is 31.7 Å². The number of thiazole rings is 1. The van der Waals surface area contributed by atoms with Crippen molar-refractivity contribution >= 4 is 89.0 Å². The first kappa shape index (κ1) is 37.0. The Morgan fingerprint density at radius 3 is 2.12 bits per heavy atom. The molecular formula is C25H38N3O8S6-. The lowest BCUT2D eigenvalue weighted by atomic mass is 10.3. The minimum Gasteiger partial charge on any atom is -0.748 e. The quantitative estimate of drug-likeness (QED) is 0.140. The Labute approximate surface area is 265 Å². The lowest BCUT2D eigenvalue weighted by Crippen LogP contribution is -2.36. The molecule has 1 N–H and O–H groups in total. The van der Waals surface area contributed by atoms with Crippen molar-refractivity contribution in [2.75, 3.05) is 48.6 Å². The fourth-order valence-corrected chi connectivity index (χ4v) is 7.85. The summed E-state index contributed by atoms with van der Waals surface area (Å²) in [7, 11) is -8.67. The van der Waals surface area contributed by atoms with Crippen LogP contribution in [0.3, 0.4) is 0 Å². The molecule has 0 spiro atoms. The SMILES string of the molecule is CC.CCNCC.CSc1cc2c(o1)SC(=Cc1sc3oc(SC)cc3[n+]1CCCS(=O)(=O)[O-])N2CCCS(=O)(=O)[O-]. The highest BCUT2D eigenvalue weighted by Gasteiger charge is 2.32. The second-order valence-corrected chi connectivity index (χ2v) is 15.1. The smallest absolute Gasteiger partial charge is 0.268 e. The lowest BCUT2D eigenvalue weighted by Gasteiger charge is -2.19. The molecule has 3 aromatic heterocycles. The molecule has 0 bridgehead atoms. The number of hydrogen-bond acceptors (Lipinski definition) is 14. The van der Waals surface area contributed by atoms with E-state index in [1.807, 2.05) is 54.0 Å². The van der Waals surface area contributed by atoms with Gasteiger partial charge in [0, 0.05) is 30.5 Å². The predicted octanol–water partition coefficient (Wildman–Crippen LogP) is 5.24. The molecule has 0 radical (unpaired) electrons. The van der Waals surface area contributed by atoms with E-state index in [1.165, 1.54) is 46.6 Å². The average molecular weight is 701 g/mol. The zero-order chi connectivity index (χ0) is 31.5. The third-order valence-electron chi connectivity index (χ3n) is 5.52. The van der Waals surface area contributed by atoms with Gasteiger partial charge in [-0.05, 0) is 55.1 Å². The monoisotopic (exact) mass is 700 g/mol. The summed E-state index contributed by atoms with van der Waals surface area (Å²) >= 11 is 5.66.